The Balaban J connectivity index is 1.42. The third-order valence-electron chi connectivity index (χ3n) is 9.49. The quantitative estimate of drug-likeness (QED) is 0.204. The maximum absolute atomic E-state index is 6.56. The summed E-state index contributed by atoms with van der Waals surface area (Å²) in [6.45, 7) is 8.82. The van der Waals surface area contributed by atoms with Gasteiger partial charge in [-0.3, -0.25) is 0 Å². The minimum atomic E-state index is -0.736. The van der Waals surface area contributed by atoms with Gasteiger partial charge >= 0.3 is 0 Å². The summed E-state index contributed by atoms with van der Waals surface area (Å²) in [5.74, 6) is 1.64. The van der Waals surface area contributed by atoms with Gasteiger partial charge in [0.2, 0.25) is 0 Å². The number of nitrogens with zero attached hydrogens (tertiary/aromatic N) is 1. The molecule has 6 aromatic carbocycles. The molecule has 0 fully saturated rings. The summed E-state index contributed by atoms with van der Waals surface area (Å²) in [4.78, 5) is 2.32. The Bertz CT molecular complexity index is 2330. The van der Waals surface area contributed by atoms with E-state index >= 15 is 0 Å². The van der Waals surface area contributed by atoms with Gasteiger partial charge in [0.15, 0.2) is 0 Å². The van der Waals surface area contributed by atoms with Crippen molar-refractivity contribution in [3.63, 3.8) is 0 Å². The lowest BCUT2D eigenvalue weighted by Gasteiger charge is -2.48. The number of allylic oxidation sites excluding steroid dienone is 3. The van der Waals surface area contributed by atoms with Gasteiger partial charge in [-0.15, -0.1) is 0 Å². The van der Waals surface area contributed by atoms with E-state index in [1.54, 1.807) is 0 Å². The minimum absolute atomic E-state index is 0.736. The van der Waals surface area contributed by atoms with Gasteiger partial charge in [0.25, 0.3) is 0 Å². The van der Waals surface area contributed by atoms with E-state index in [-0.39, 0.29) is 0 Å². The van der Waals surface area contributed by atoms with Crippen LogP contribution in [0.15, 0.2) is 181 Å². The molecule has 2 aliphatic rings. The van der Waals surface area contributed by atoms with Gasteiger partial charge in [-0.05, 0) is 70.8 Å². The van der Waals surface area contributed by atoms with Crippen LogP contribution in [0.2, 0.25) is 0 Å². The molecule has 1 aromatic heterocycles. The first-order valence-corrected chi connectivity index (χ1v) is 15.5. The molecule has 0 amide bonds. The topological polar surface area (TPSA) is 25.6 Å². The Morgan fingerprint density at radius 3 is 1.87 bits per heavy atom. The lowest BCUT2D eigenvalue weighted by molar-refractivity contribution is 0.433. The van der Waals surface area contributed by atoms with Crippen molar-refractivity contribution >= 4 is 33.3 Å². The van der Waals surface area contributed by atoms with Crippen molar-refractivity contribution in [3.8, 4) is 22.6 Å². The summed E-state index contributed by atoms with van der Waals surface area (Å²) in [5, 5.41) is 2.15. The van der Waals surface area contributed by atoms with Gasteiger partial charge in [0, 0.05) is 27.6 Å². The molecule has 3 nitrogen and oxygen atoms in total. The molecule has 0 bridgehead atoms. The van der Waals surface area contributed by atoms with E-state index < -0.39 is 5.41 Å². The number of para-hydroxylation sites is 3. The number of hydrogen-bond donors (Lipinski definition) is 0. The highest BCUT2D eigenvalue weighted by molar-refractivity contribution is 6.08. The van der Waals surface area contributed by atoms with Crippen LogP contribution in [0.4, 0.5) is 11.4 Å². The Morgan fingerprint density at radius 2 is 1.17 bits per heavy atom. The second kappa shape index (κ2) is 9.98. The number of ether oxygens (including phenoxy) is 1. The van der Waals surface area contributed by atoms with Crippen LogP contribution in [-0.4, -0.2) is 0 Å². The smallest absolute Gasteiger partial charge is 0.135 e. The SMILES string of the molecule is C=CC1=C(C=C)C2(c3ccccc3Oc3ccccc32)c2cc3oc4ccccc4c3cc2N1c1ccc(-c2ccccc2)cc1. The highest BCUT2D eigenvalue weighted by atomic mass is 16.5. The summed E-state index contributed by atoms with van der Waals surface area (Å²) in [7, 11) is 0. The molecule has 0 N–H and O–H groups in total. The predicted molar refractivity (Wildman–Crippen MR) is 188 cm³/mol. The van der Waals surface area contributed by atoms with Crippen molar-refractivity contribution in [1.82, 2.24) is 0 Å². The molecule has 218 valence electrons. The number of fused-ring (bicyclic) bond motifs is 9. The molecule has 0 atom stereocenters. The van der Waals surface area contributed by atoms with E-state index in [9.17, 15) is 0 Å². The number of benzene rings is 6. The molecule has 7 aromatic rings. The molecule has 3 heteroatoms. The molecule has 0 saturated heterocycles. The third-order valence-corrected chi connectivity index (χ3v) is 9.49. The van der Waals surface area contributed by atoms with Crippen molar-refractivity contribution in [3.05, 3.63) is 193 Å². The Hall–Kier alpha value is -6.06. The van der Waals surface area contributed by atoms with Gasteiger partial charge in [-0.2, -0.15) is 0 Å². The highest BCUT2D eigenvalue weighted by Crippen LogP contribution is 2.62. The Labute approximate surface area is 267 Å². The first-order chi connectivity index (χ1) is 22.7. The average molecular weight is 592 g/mol. The van der Waals surface area contributed by atoms with E-state index in [0.29, 0.717) is 0 Å². The highest BCUT2D eigenvalue weighted by Gasteiger charge is 2.51. The van der Waals surface area contributed by atoms with Crippen molar-refractivity contribution < 1.29 is 9.15 Å². The summed E-state index contributed by atoms with van der Waals surface area (Å²) in [5.41, 5.74) is 10.6. The zero-order chi connectivity index (χ0) is 30.8. The molecular weight excluding hydrogens is 562 g/mol. The van der Waals surface area contributed by atoms with Crippen LogP contribution in [-0.2, 0) is 5.41 Å². The van der Waals surface area contributed by atoms with Gasteiger partial charge in [-0.1, -0.05) is 116 Å². The van der Waals surface area contributed by atoms with E-state index in [1.165, 1.54) is 5.56 Å². The fourth-order valence-electron chi connectivity index (χ4n) is 7.58. The molecule has 0 radical (unpaired) electrons. The largest absolute Gasteiger partial charge is 0.457 e. The fraction of sp³-hybridized carbons (Fsp3) is 0.0233. The minimum Gasteiger partial charge on any atom is -0.457 e. The van der Waals surface area contributed by atoms with Crippen LogP contribution < -0.4 is 9.64 Å². The van der Waals surface area contributed by atoms with Crippen LogP contribution in [0.3, 0.4) is 0 Å². The monoisotopic (exact) mass is 591 g/mol. The van der Waals surface area contributed by atoms with Gasteiger partial charge in [-0.25, -0.2) is 0 Å². The molecule has 0 unspecified atom stereocenters. The van der Waals surface area contributed by atoms with Crippen molar-refractivity contribution in [1.29, 1.82) is 0 Å². The first kappa shape index (κ1) is 26.4. The first-order valence-electron chi connectivity index (χ1n) is 15.5. The fourth-order valence-corrected chi connectivity index (χ4v) is 7.58. The zero-order valence-electron chi connectivity index (χ0n) is 25.1. The molecule has 0 aliphatic carbocycles. The number of rotatable bonds is 4. The second-order valence-electron chi connectivity index (χ2n) is 11.8. The molecular formula is C43H29NO2. The van der Waals surface area contributed by atoms with Crippen LogP contribution in [0.25, 0.3) is 33.1 Å². The number of anilines is 2. The second-order valence-corrected chi connectivity index (χ2v) is 11.8. The molecule has 46 heavy (non-hydrogen) atoms. The predicted octanol–water partition coefficient (Wildman–Crippen LogP) is 11.5. The molecule has 2 aliphatic heterocycles. The molecule has 3 heterocycles. The van der Waals surface area contributed by atoms with E-state index in [4.69, 9.17) is 9.15 Å². The maximum Gasteiger partial charge on any atom is 0.135 e. The average Bonchev–Trinajstić information content (AvgIpc) is 3.48. The number of hydrogen-bond acceptors (Lipinski definition) is 3. The van der Waals surface area contributed by atoms with Crippen molar-refractivity contribution in [2.45, 2.75) is 5.41 Å². The maximum atomic E-state index is 6.56. The van der Waals surface area contributed by atoms with E-state index in [2.05, 4.69) is 127 Å². The van der Waals surface area contributed by atoms with Crippen LogP contribution >= 0.6 is 0 Å². The van der Waals surface area contributed by atoms with Gasteiger partial charge in [0.05, 0.1) is 16.8 Å². The van der Waals surface area contributed by atoms with Gasteiger partial charge in [0.1, 0.15) is 22.7 Å². The summed E-state index contributed by atoms with van der Waals surface area (Å²) < 4.78 is 13.1. The summed E-state index contributed by atoms with van der Waals surface area (Å²) in [6.07, 6.45) is 3.96. The Kier molecular flexibility index (Phi) is 5.72. The summed E-state index contributed by atoms with van der Waals surface area (Å²) in [6, 6.07) is 48.7. The third kappa shape index (κ3) is 3.54. The van der Waals surface area contributed by atoms with Crippen LogP contribution in [0.1, 0.15) is 16.7 Å². The lowest BCUT2D eigenvalue weighted by Crippen LogP contribution is -2.41. The van der Waals surface area contributed by atoms with E-state index in [0.717, 1.165) is 78.3 Å². The standard InChI is InChI=1S/C43H29NO2/c1-3-33-37(4-2)44(30-24-22-29(23-25-30)28-14-6-5-7-15-28)38-26-32-31-16-8-11-19-39(31)45-42(32)27-36(38)43(33)34-17-9-12-20-40(34)46-41-21-13-10-18-35(41)43/h3-27H,1-2H2. The van der Waals surface area contributed by atoms with Crippen LogP contribution in [0.5, 0.6) is 11.5 Å². The molecule has 9 rings (SSSR count). The van der Waals surface area contributed by atoms with Crippen LogP contribution in [0, 0.1) is 0 Å². The normalized spacial score (nSPS) is 14.5. The molecule has 1 spiro atoms. The zero-order valence-corrected chi connectivity index (χ0v) is 25.1. The van der Waals surface area contributed by atoms with Crippen molar-refractivity contribution in [2.75, 3.05) is 4.90 Å². The lowest BCUT2D eigenvalue weighted by atomic mass is 9.60. The molecule has 0 saturated carbocycles. The van der Waals surface area contributed by atoms with Crippen molar-refractivity contribution in [2.24, 2.45) is 0 Å². The van der Waals surface area contributed by atoms with Gasteiger partial charge < -0.3 is 14.1 Å². The van der Waals surface area contributed by atoms with E-state index in [1.807, 2.05) is 42.5 Å². The summed E-state index contributed by atoms with van der Waals surface area (Å²) >= 11 is 0. The number of furan rings is 1. The Morgan fingerprint density at radius 1 is 0.543 bits per heavy atom.